The molecular weight excluding hydrogens is 334 g/mol. The first-order valence-electron chi connectivity index (χ1n) is 9.28. The van der Waals surface area contributed by atoms with Crippen LogP contribution in [-0.4, -0.2) is 33.2 Å². The van der Waals surface area contributed by atoms with Crippen molar-refractivity contribution in [3.8, 4) is 0 Å². The maximum atomic E-state index is 13.0. The molecule has 2 saturated carbocycles. The molecule has 0 radical (unpaired) electrons. The van der Waals surface area contributed by atoms with Gasteiger partial charge in [-0.2, -0.15) is 0 Å². The molecule has 0 bridgehead atoms. The van der Waals surface area contributed by atoms with Gasteiger partial charge in [-0.3, -0.25) is 9.59 Å². The van der Waals surface area contributed by atoms with Gasteiger partial charge in [0.25, 0.3) is 11.6 Å². The van der Waals surface area contributed by atoms with Gasteiger partial charge in [-0.25, -0.2) is 4.98 Å². The molecule has 0 aromatic carbocycles. The molecule has 0 spiro atoms. The van der Waals surface area contributed by atoms with E-state index in [0.29, 0.717) is 41.8 Å². The van der Waals surface area contributed by atoms with Crippen molar-refractivity contribution >= 4 is 23.0 Å². The molecule has 7 nitrogen and oxygen atoms in total. The Labute approximate surface area is 151 Å². The molecule has 4 rings (SSSR count). The lowest BCUT2D eigenvalue weighted by Gasteiger charge is -2.14. The van der Waals surface area contributed by atoms with Crippen molar-refractivity contribution in [1.29, 1.82) is 0 Å². The minimum atomic E-state index is -0.787. The second-order valence-electron chi connectivity index (χ2n) is 7.79. The third kappa shape index (κ3) is 3.06. The quantitative estimate of drug-likeness (QED) is 0.851. The second kappa shape index (κ2) is 6.37. The summed E-state index contributed by atoms with van der Waals surface area (Å²) in [5, 5.41) is 17.0. The highest BCUT2D eigenvalue weighted by molar-refractivity contribution is 6.06. The van der Waals surface area contributed by atoms with E-state index < -0.39 is 5.97 Å². The van der Waals surface area contributed by atoms with Crippen LogP contribution in [0.2, 0.25) is 0 Å². The Bertz CT molecular complexity index is 869. The molecule has 2 fully saturated rings. The Morgan fingerprint density at radius 3 is 2.65 bits per heavy atom. The molecule has 2 aliphatic rings. The van der Waals surface area contributed by atoms with Crippen molar-refractivity contribution in [2.24, 2.45) is 5.92 Å². The molecule has 1 amide bonds. The summed E-state index contributed by atoms with van der Waals surface area (Å²) in [4.78, 5) is 28.7. The van der Waals surface area contributed by atoms with Gasteiger partial charge in [-0.15, -0.1) is 0 Å². The molecule has 2 aromatic rings. The van der Waals surface area contributed by atoms with Crippen molar-refractivity contribution in [2.75, 3.05) is 0 Å². The molecule has 0 saturated heterocycles. The lowest BCUT2D eigenvalue weighted by atomic mass is 10.0. The Morgan fingerprint density at radius 1 is 1.27 bits per heavy atom. The van der Waals surface area contributed by atoms with Gasteiger partial charge in [-0.1, -0.05) is 19.0 Å². The fraction of sp³-hybridized carbons (Fsp3) is 0.579. The zero-order valence-corrected chi connectivity index (χ0v) is 15.0. The maximum Gasteiger partial charge on any atom is 0.306 e. The van der Waals surface area contributed by atoms with Crippen molar-refractivity contribution < 1.29 is 19.2 Å². The summed E-state index contributed by atoms with van der Waals surface area (Å²) >= 11 is 0. The summed E-state index contributed by atoms with van der Waals surface area (Å²) in [6.07, 6.45) is 3.92. The zero-order valence-electron chi connectivity index (χ0n) is 15.0. The lowest BCUT2D eigenvalue weighted by molar-refractivity contribution is -0.141. The number of carbonyl (C=O) groups is 2. The summed E-state index contributed by atoms with van der Waals surface area (Å²) in [7, 11) is 0. The lowest BCUT2D eigenvalue weighted by Crippen LogP contribution is -2.33. The van der Waals surface area contributed by atoms with E-state index in [0.717, 1.165) is 24.2 Å². The average molecular weight is 357 g/mol. The van der Waals surface area contributed by atoms with E-state index in [9.17, 15) is 9.59 Å². The highest BCUT2D eigenvalue weighted by Gasteiger charge is 2.33. The van der Waals surface area contributed by atoms with Crippen LogP contribution in [0.3, 0.4) is 0 Å². The Balaban J connectivity index is 1.66. The zero-order chi connectivity index (χ0) is 18.4. The number of nitrogens with one attached hydrogen (secondary N) is 1. The number of hydrogen-bond donors (Lipinski definition) is 2. The number of fused-ring (bicyclic) bond motifs is 1. The first-order valence-corrected chi connectivity index (χ1v) is 9.28. The number of nitrogens with zero attached hydrogens (tertiary/aromatic N) is 2. The van der Waals surface area contributed by atoms with E-state index in [4.69, 9.17) is 9.63 Å². The van der Waals surface area contributed by atoms with Gasteiger partial charge in [0, 0.05) is 17.7 Å². The van der Waals surface area contributed by atoms with Crippen LogP contribution in [-0.2, 0) is 4.79 Å². The van der Waals surface area contributed by atoms with Gasteiger partial charge in [-0.05, 0) is 44.1 Å². The fourth-order valence-electron chi connectivity index (χ4n) is 3.75. The molecule has 0 unspecified atom stereocenters. The number of aliphatic carboxylic acids is 1. The molecular formula is C19H23N3O4. The van der Waals surface area contributed by atoms with E-state index in [1.165, 1.54) is 0 Å². The smallest absolute Gasteiger partial charge is 0.306 e. The van der Waals surface area contributed by atoms with Crippen LogP contribution in [0.15, 0.2) is 10.6 Å². The standard InChI is InChI=1S/C19H23N3O4/c1-9(2)16-15-13(8-14(10-3-4-10)21-18(15)26-22-16)17(23)20-12-6-5-11(7-12)19(24)25/h8-12H,3-7H2,1-2H3,(H,20,23)(H,24,25)/t11-,12+/m0/s1. The SMILES string of the molecule is CC(C)c1noc2nc(C3CC3)cc(C(=O)N[C@@H]3CC[C@H](C(=O)O)C3)c12. The number of carbonyl (C=O) groups excluding carboxylic acids is 1. The summed E-state index contributed by atoms with van der Waals surface area (Å²) in [5.74, 6) is -0.854. The molecule has 7 heteroatoms. The number of pyridine rings is 1. The minimum Gasteiger partial charge on any atom is -0.481 e. The van der Waals surface area contributed by atoms with Gasteiger partial charge in [0.05, 0.1) is 22.6 Å². The third-order valence-electron chi connectivity index (χ3n) is 5.40. The van der Waals surface area contributed by atoms with Gasteiger partial charge < -0.3 is 14.9 Å². The monoisotopic (exact) mass is 357 g/mol. The van der Waals surface area contributed by atoms with Gasteiger partial charge in [0.15, 0.2) is 0 Å². The first kappa shape index (κ1) is 17.0. The van der Waals surface area contributed by atoms with Crippen molar-refractivity contribution in [1.82, 2.24) is 15.5 Å². The molecule has 138 valence electrons. The summed E-state index contributed by atoms with van der Waals surface area (Å²) in [6, 6.07) is 1.75. The highest BCUT2D eigenvalue weighted by atomic mass is 16.5. The van der Waals surface area contributed by atoms with Crippen LogP contribution in [0.4, 0.5) is 0 Å². The van der Waals surface area contributed by atoms with Gasteiger partial charge in [0.1, 0.15) is 0 Å². The normalized spacial score (nSPS) is 22.9. The van der Waals surface area contributed by atoms with Crippen LogP contribution in [0.25, 0.3) is 11.1 Å². The predicted molar refractivity (Wildman–Crippen MR) is 94.1 cm³/mol. The molecule has 0 aliphatic heterocycles. The number of hydrogen-bond acceptors (Lipinski definition) is 5. The number of carboxylic acids is 1. The van der Waals surface area contributed by atoms with Crippen LogP contribution < -0.4 is 5.32 Å². The fourth-order valence-corrected chi connectivity index (χ4v) is 3.75. The van der Waals surface area contributed by atoms with E-state index in [1.54, 1.807) is 0 Å². The topological polar surface area (TPSA) is 105 Å². The number of carboxylic acid groups (broad SMARTS) is 1. The number of rotatable bonds is 5. The molecule has 2 N–H and O–H groups in total. The maximum absolute atomic E-state index is 13.0. The first-order chi connectivity index (χ1) is 12.4. The van der Waals surface area contributed by atoms with Crippen LogP contribution >= 0.6 is 0 Å². The van der Waals surface area contributed by atoms with Crippen LogP contribution in [0.1, 0.15) is 79.5 Å². The Kier molecular flexibility index (Phi) is 4.17. The number of amides is 1. The Morgan fingerprint density at radius 2 is 2.04 bits per heavy atom. The largest absolute Gasteiger partial charge is 0.481 e. The van der Waals surface area contributed by atoms with E-state index in [-0.39, 0.29) is 23.8 Å². The molecule has 26 heavy (non-hydrogen) atoms. The average Bonchev–Trinajstić information content (AvgIpc) is 3.18. The predicted octanol–water partition coefficient (Wildman–Crippen LogP) is 3.21. The second-order valence-corrected chi connectivity index (χ2v) is 7.79. The molecule has 2 aliphatic carbocycles. The van der Waals surface area contributed by atoms with Crippen molar-refractivity contribution in [3.63, 3.8) is 0 Å². The highest BCUT2D eigenvalue weighted by Crippen LogP contribution is 2.41. The van der Waals surface area contributed by atoms with E-state index in [2.05, 4.69) is 15.5 Å². The minimum absolute atomic E-state index is 0.110. The van der Waals surface area contributed by atoms with Crippen molar-refractivity contribution in [2.45, 2.75) is 63.8 Å². The molecule has 2 aromatic heterocycles. The van der Waals surface area contributed by atoms with Gasteiger partial charge >= 0.3 is 5.97 Å². The Hall–Kier alpha value is -2.44. The molecule has 2 heterocycles. The van der Waals surface area contributed by atoms with Crippen LogP contribution in [0, 0.1) is 5.92 Å². The summed E-state index contributed by atoms with van der Waals surface area (Å²) in [6.45, 7) is 4.00. The summed E-state index contributed by atoms with van der Waals surface area (Å²) < 4.78 is 5.42. The van der Waals surface area contributed by atoms with Gasteiger partial charge in [0.2, 0.25) is 0 Å². The number of aromatic nitrogens is 2. The van der Waals surface area contributed by atoms with E-state index >= 15 is 0 Å². The van der Waals surface area contributed by atoms with E-state index in [1.807, 2.05) is 19.9 Å². The third-order valence-corrected chi connectivity index (χ3v) is 5.40. The molecule has 2 atom stereocenters. The van der Waals surface area contributed by atoms with Crippen molar-refractivity contribution in [3.05, 3.63) is 23.0 Å². The summed E-state index contributed by atoms with van der Waals surface area (Å²) in [5.41, 5.74) is 2.57. The van der Waals surface area contributed by atoms with Crippen LogP contribution in [0.5, 0.6) is 0 Å².